The molecule has 1 fully saturated rings. The van der Waals surface area contributed by atoms with Gasteiger partial charge >= 0.3 is 0 Å². The lowest BCUT2D eigenvalue weighted by atomic mass is 10.4. The molecule has 0 radical (unpaired) electrons. The van der Waals surface area contributed by atoms with Crippen LogP contribution in [-0.4, -0.2) is 75.5 Å². The number of nitrogens with zero attached hydrogens (tertiary/aromatic N) is 1. The maximum absolute atomic E-state index is 7.57. The number of aliphatic hydroxyl groups excluding tert-OH is 1. The summed E-state index contributed by atoms with van der Waals surface area (Å²) in [6.45, 7) is 18.2. The maximum atomic E-state index is 7.57. The second-order valence-corrected chi connectivity index (χ2v) is 4.00. The molecular weight excluding hydrogens is 240 g/mol. The Morgan fingerprint density at radius 1 is 0.789 bits per heavy atom. The maximum Gasteiger partial charge on any atom is 0.0402 e. The van der Waals surface area contributed by atoms with Crippen molar-refractivity contribution >= 4 is 0 Å². The van der Waals surface area contributed by atoms with Crippen LogP contribution in [0.25, 0.3) is 0 Å². The van der Waals surface area contributed by atoms with Gasteiger partial charge in [-0.1, -0.05) is 20.8 Å². The topological polar surface area (TPSA) is 59.6 Å². The van der Waals surface area contributed by atoms with Crippen molar-refractivity contribution in [2.75, 3.05) is 65.5 Å². The Morgan fingerprint density at radius 3 is 1.42 bits per heavy atom. The van der Waals surface area contributed by atoms with Gasteiger partial charge in [-0.3, -0.25) is 0 Å². The summed E-state index contributed by atoms with van der Waals surface area (Å²) in [4.78, 5) is 2.48. The molecule has 19 heavy (non-hydrogen) atoms. The Labute approximate surface area is 120 Å². The van der Waals surface area contributed by atoms with Gasteiger partial charge in [-0.2, -0.15) is 0 Å². The third kappa shape index (κ3) is 17.8. The second kappa shape index (κ2) is 20.1. The van der Waals surface area contributed by atoms with Crippen molar-refractivity contribution in [1.82, 2.24) is 20.9 Å². The summed E-state index contributed by atoms with van der Waals surface area (Å²) in [7, 11) is 0. The molecule has 0 atom stereocenters. The van der Waals surface area contributed by atoms with E-state index in [2.05, 4.69) is 27.8 Å². The summed E-state index contributed by atoms with van der Waals surface area (Å²) in [5, 5.41) is 17.8. The molecule has 1 rings (SSSR count). The normalized spacial score (nSPS) is 18.8. The van der Waals surface area contributed by atoms with Crippen LogP contribution < -0.4 is 16.0 Å². The lowest BCUT2D eigenvalue weighted by Crippen LogP contribution is -2.41. The van der Waals surface area contributed by atoms with Gasteiger partial charge in [0.1, 0.15) is 0 Å². The summed E-state index contributed by atoms with van der Waals surface area (Å²) >= 11 is 0. The lowest BCUT2D eigenvalue weighted by molar-refractivity contribution is 0.284. The molecule has 0 aromatic rings. The van der Waals surface area contributed by atoms with Gasteiger partial charge in [0, 0.05) is 59.0 Å². The number of rotatable bonds is 1. The third-order valence-corrected chi connectivity index (χ3v) is 2.61. The highest BCUT2D eigenvalue weighted by atomic mass is 16.2. The summed E-state index contributed by atoms with van der Waals surface area (Å²) in [5.74, 6) is 0. The fraction of sp³-hybridized carbons (Fsp3) is 1.00. The minimum atomic E-state index is 0.250. The van der Waals surface area contributed by atoms with Gasteiger partial charge in [-0.25, -0.2) is 0 Å². The van der Waals surface area contributed by atoms with Crippen LogP contribution in [0.3, 0.4) is 0 Å². The SMILES string of the molecule is CC.CCN1CCNCCNCCNCC1.CCO. The fourth-order valence-corrected chi connectivity index (χ4v) is 1.63. The fourth-order valence-electron chi connectivity index (χ4n) is 1.63. The van der Waals surface area contributed by atoms with Crippen molar-refractivity contribution in [3.8, 4) is 0 Å². The van der Waals surface area contributed by atoms with E-state index in [1.165, 1.54) is 0 Å². The van der Waals surface area contributed by atoms with E-state index in [1.54, 1.807) is 6.92 Å². The van der Waals surface area contributed by atoms with Crippen LogP contribution >= 0.6 is 0 Å². The molecule has 0 aliphatic carbocycles. The highest BCUT2D eigenvalue weighted by Crippen LogP contribution is 1.85. The molecule has 0 spiro atoms. The Balaban J connectivity index is 0. The van der Waals surface area contributed by atoms with Crippen molar-refractivity contribution in [1.29, 1.82) is 0 Å². The molecule has 1 aliphatic heterocycles. The first kappa shape index (κ1) is 21.1. The van der Waals surface area contributed by atoms with Crippen LogP contribution in [0.2, 0.25) is 0 Å². The molecule has 4 N–H and O–H groups in total. The van der Waals surface area contributed by atoms with E-state index in [1.807, 2.05) is 13.8 Å². The number of nitrogens with one attached hydrogen (secondary N) is 3. The zero-order valence-corrected chi connectivity index (χ0v) is 13.5. The van der Waals surface area contributed by atoms with E-state index in [9.17, 15) is 0 Å². The molecule has 1 aliphatic rings. The van der Waals surface area contributed by atoms with Crippen molar-refractivity contribution in [3.63, 3.8) is 0 Å². The van der Waals surface area contributed by atoms with E-state index in [0.29, 0.717) is 0 Å². The Kier molecular flexibility index (Phi) is 22.4. The van der Waals surface area contributed by atoms with Gasteiger partial charge in [0.25, 0.3) is 0 Å². The van der Waals surface area contributed by atoms with Crippen LogP contribution in [0.5, 0.6) is 0 Å². The molecule has 0 unspecified atom stereocenters. The van der Waals surface area contributed by atoms with Gasteiger partial charge in [0.2, 0.25) is 0 Å². The first-order chi connectivity index (χ1) is 9.35. The quantitative estimate of drug-likeness (QED) is 0.548. The predicted octanol–water partition coefficient (Wildman–Crippen LogP) is 0.116. The zero-order chi connectivity index (χ0) is 14.8. The van der Waals surface area contributed by atoms with Crippen molar-refractivity contribution < 1.29 is 5.11 Å². The number of hydrogen-bond donors (Lipinski definition) is 4. The minimum absolute atomic E-state index is 0.250. The average molecular weight is 276 g/mol. The van der Waals surface area contributed by atoms with Crippen LogP contribution in [0.15, 0.2) is 0 Å². The Morgan fingerprint density at radius 2 is 1.11 bits per heavy atom. The molecule has 5 heteroatoms. The van der Waals surface area contributed by atoms with Crippen LogP contribution in [-0.2, 0) is 0 Å². The van der Waals surface area contributed by atoms with Crippen molar-refractivity contribution in [2.24, 2.45) is 0 Å². The summed E-state index contributed by atoms with van der Waals surface area (Å²) in [6.07, 6.45) is 0. The molecule has 0 amide bonds. The third-order valence-electron chi connectivity index (χ3n) is 2.61. The Hall–Kier alpha value is -0.200. The predicted molar refractivity (Wildman–Crippen MR) is 84.8 cm³/mol. The summed E-state index contributed by atoms with van der Waals surface area (Å²) < 4.78 is 0. The molecule has 118 valence electrons. The molecule has 0 saturated carbocycles. The largest absolute Gasteiger partial charge is 0.397 e. The van der Waals surface area contributed by atoms with Gasteiger partial charge in [0.15, 0.2) is 0 Å². The lowest BCUT2D eigenvalue weighted by Gasteiger charge is -2.21. The number of aliphatic hydroxyl groups is 1. The van der Waals surface area contributed by atoms with Crippen molar-refractivity contribution in [2.45, 2.75) is 27.7 Å². The standard InChI is InChI=1S/C10H24N4.C2H6O.C2H6/c1-2-14-9-7-12-5-3-11-4-6-13-8-10-14;1-2-3;1-2/h11-13H,2-10H2,1H3;3H,2H2,1H3;1-2H3. The highest BCUT2D eigenvalue weighted by molar-refractivity contribution is 4.63. The first-order valence-corrected chi connectivity index (χ1v) is 7.80. The van der Waals surface area contributed by atoms with Crippen LogP contribution in [0.4, 0.5) is 0 Å². The van der Waals surface area contributed by atoms with E-state index in [-0.39, 0.29) is 6.61 Å². The van der Waals surface area contributed by atoms with E-state index in [4.69, 9.17) is 5.11 Å². The summed E-state index contributed by atoms with van der Waals surface area (Å²) in [6, 6.07) is 0. The number of likely N-dealkylation sites (N-methyl/N-ethyl adjacent to an activating group) is 1. The molecule has 0 bridgehead atoms. The molecule has 1 saturated heterocycles. The van der Waals surface area contributed by atoms with Gasteiger partial charge in [-0.05, 0) is 13.5 Å². The van der Waals surface area contributed by atoms with Crippen LogP contribution in [0, 0.1) is 0 Å². The summed E-state index contributed by atoms with van der Waals surface area (Å²) in [5.41, 5.74) is 0. The highest BCUT2D eigenvalue weighted by Gasteiger charge is 2.01. The molecule has 0 aromatic heterocycles. The van der Waals surface area contributed by atoms with Crippen LogP contribution in [0.1, 0.15) is 27.7 Å². The second-order valence-electron chi connectivity index (χ2n) is 4.00. The van der Waals surface area contributed by atoms with E-state index < -0.39 is 0 Å². The Bertz CT molecular complexity index is 135. The molecule has 5 nitrogen and oxygen atoms in total. The molecule has 1 heterocycles. The molecule has 0 aromatic carbocycles. The smallest absolute Gasteiger partial charge is 0.0402 e. The average Bonchev–Trinajstić information content (AvgIpc) is 2.43. The van der Waals surface area contributed by atoms with Gasteiger partial charge in [0.05, 0.1) is 0 Å². The monoisotopic (exact) mass is 276 g/mol. The minimum Gasteiger partial charge on any atom is -0.397 e. The van der Waals surface area contributed by atoms with E-state index in [0.717, 1.165) is 58.9 Å². The van der Waals surface area contributed by atoms with E-state index >= 15 is 0 Å². The number of hydrogen-bond acceptors (Lipinski definition) is 5. The van der Waals surface area contributed by atoms with Gasteiger partial charge in [-0.15, -0.1) is 0 Å². The zero-order valence-electron chi connectivity index (χ0n) is 13.5. The molecular formula is C14H36N4O. The van der Waals surface area contributed by atoms with Gasteiger partial charge < -0.3 is 26.0 Å². The van der Waals surface area contributed by atoms with Crippen molar-refractivity contribution in [3.05, 3.63) is 0 Å². The first-order valence-electron chi connectivity index (χ1n) is 7.80.